The number of benzene rings is 1. The molecule has 0 aliphatic carbocycles. The van der Waals surface area contributed by atoms with Crippen LogP contribution in [0.1, 0.15) is 62.0 Å². The topological polar surface area (TPSA) is 52.0 Å². The summed E-state index contributed by atoms with van der Waals surface area (Å²) in [5, 5.41) is 0. The molecule has 7 nitrogen and oxygen atoms in total. The lowest BCUT2D eigenvalue weighted by molar-refractivity contribution is 0.0595. The Bertz CT molecular complexity index is 1310. The Labute approximate surface area is 234 Å². The van der Waals surface area contributed by atoms with Crippen LogP contribution in [0.4, 0.5) is 11.4 Å². The fraction of sp³-hybridized carbons (Fsp3) is 0.500. The lowest BCUT2D eigenvalue weighted by atomic mass is 9.93. The Balaban J connectivity index is 1.88. The van der Waals surface area contributed by atoms with E-state index in [0.29, 0.717) is 18.2 Å². The molecule has 39 heavy (non-hydrogen) atoms. The quantitative estimate of drug-likeness (QED) is 0.437. The first-order valence-electron chi connectivity index (χ1n) is 14.3. The number of hydrogen-bond acceptors (Lipinski definition) is 5. The van der Waals surface area contributed by atoms with E-state index < -0.39 is 0 Å². The summed E-state index contributed by atoms with van der Waals surface area (Å²) < 4.78 is 1.78. The average molecular weight is 532 g/mol. The Kier molecular flexibility index (Phi) is 9.01. The molecule has 0 N–H and O–H groups in total. The van der Waals surface area contributed by atoms with Crippen molar-refractivity contribution < 1.29 is 4.79 Å². The molecule has 1 fully saturated rings. The molecule has 1 saturated heterocycles. The number of unbranched alkanes of at least 4 members (excludes halogenated alkanes) is 1. The minimum Gasteiger partial charge on any atom is -0.355 e. The second kappa shape index (κ2) is 12.2. The first kappa shape index (κ1) is 28.7. The number of hydrogen-bond donors (Lipinski definition) is 0. The first-order valence-corrected chi connectivity index (χ1v) is 14.3. The maximum absolute atomic E-state index is 13.9. The van der Waals surface area contributed by atoms with Crippen molar-refractivity contribution in [2.45, 2.75) is 60.0 Å². The van der Waals surface area contributed by atoms with Crippen molar-refractivity contribution in [2.24, 2.45) is 0 Å². The number of nitrogens with zero attached hydrogens (tertiary/aromatic N) is 5. The number of anilines is 2. The molecule has 0 saturated carbocycles. The minimum atomic E-state index is 0.0189. The van der Waals surface area contributed by atoms with E-state index in [0.717, 1.165) is 79.3 Å². The SMILES string of the molecule is C/C=C/Cn1cc(-c2cc(C(=O)N3CCN(C(C)C)CC3)cc3c2N(C)CN3C)c(/C=C\CCC)c(C)c1=O. The molecular weight excluding hydrogens is 486 g/mol. The van der Waals surface area contributed by atoms with Crippen LogP contribution >= 0.6 is 0 Å². The summed E-state index contributed by atoms with van der Waals surface area (Å²) in [5.74, 6) is 0.0763. The van der Waals surface area contributed by atoms with E-state index >= 15 is 0 Å². The average Bonchev–Trinajstić information content (AvgIpc) is 3.22. The van der Waals surface area contributed by atoms with Gasteiger partial charge in [-0.05, 0) is 51.8 Å². The molecule has 0 unspecified atom stereocenters. The maximum atomic E-state index is 13.9. The van der Waals surface area contributed by atoms with Crippen LogP contribution in [-0.2, 0) is 6.54 Å². The van der Waals surface area contributed by atoms with Gasteiger partial charge < -0.3 is 19.3 Å². The molecule has 7 heteroatoms. The van der Waals surface area contributed by atoms with Crippen molar-refractivity contribution in [1.82, 2.24) is 14.4 Å². The predicted octanol–water partition coefficient (Wildman–Crippen LogP) is 5.22. The summed E-state index contributed by atoms with van der Waals surface area (Å²) in [5.41, 5.74) is 6.52. The molecule has 1 aromatic heterocycles. The number of pyridine rings is 1. The zero-order chi connectivity index (χ0) is 28.3. The summed E-state index contributed by atoms with van der Waals surface area (Å²) in [4.78, 5) is 36.0. The fourth-order valence-electron chi connectivity index (χ4n) is 5.70. The van der Waals surface area contributed by atoms with Gasteiger partial charge in [-0.1, -0.05) is 37.6 Å². The van der Waals surface area contributed by atoms with Gasteiger partial charge in [0.15, 0.2) is 0 Å². The van der Waals surface area contributed by atoms with Gasteiger partial charge in [-0.25, -0.2) is 0 Å². The fourth-order valence-corrected chi connectivity index (χ4v) is 5.70. The van der Waals surface area contributed by atoms with E-state index in [1.807, 2.05) is 37.1 Å². The van der Waals surface area contributed by atoms with E-state index in [1.165, 1.54) is 0 Å². The van der Waals surface area contributed by atoms with Crippen LogP contribution in [0.5, 0.6) is 0 Å². The molecule has 0 spiro atoms. The normalized spacial score (nSPS) is 16.4. The zero-order valence-corrected chi connectivity index (χ0v) is 24.8. The molecule has 4 rings (SSSR count). The number of carbonyl (C=O) groups excluding carboxylic acids is 1. The van der Waals surface area contributed by atoms with Gasteiger partial charge in [0.2, 0.25) is 0 Å². The number of amides is 1. The summed E-state index contributed by atoms with van der Waals surface area (Å²) in [7, 11) is 4.16. The van der Waals surface area contributed by atoms with Gasteiger partial charge in [-0.3, -0.25) is 14.5 Å². The van der Waals surface area contributed by atoms with Gasteiger partial charge in [0.25, 0.3) is 11.5 Å². The highest BCUT2D eigenvalue weighted by molar-refractivity contribution is 6.02. The number of allylic oxidation sites excluding steroid dienone is 3. The minimum absolute atomic E-state index is 0.0189. The third-order valence-corrected chi connectivity index (χ3v) is 8.01. The largest absolute Gasteiger partial charge is 0.355 e. The molecule has 2 aliphatic rings. The van der Waals surface area contributed by atoms with E-state index in [9.17, 15) is 9.59 Å². The molecule has 0 radical (unpaired) electrons. The third kappa shape index (κ3) is 5.83. The highest BCUT2D eigenvalue weighted by atomic mass is 16.2. The van der Waals surface area contributed by atoms with Gasteiger partial charge in [-0.2, -0.15) is 0 Å². The van der Waals surface area contributed by atoms with Crippen LogP contribution in [-0.4, -0.2) is 73.3 Å². The summed E-state index contributed by atoms with van der Waals surface area (Å²) in [6.45, 7) is 15.0. The van der Waals surface area contributed by atoms with Crippen LogP contribution in [0, 0.1) is 6.92 Å². The van der Waals surface area contributed by atoms with Crippen LogP contribution < -0.4 is 15.4 Å². The molecule has 0 atom stereocenters. The number of piperazine rings is 1. The monoisotopic (exact) mass is 531 g/mol. The van der Waals surface area contributed by atoms with Crippen molar-refractivity contribution in [3.63, 3.8) is 0 Å². The van der Waals surface area contributed by atoms with Crippen molar-refractivity contribution in [3.05, 3.63) is 63.6 Å². The number of carbonyl (C=O) groups is 1. The van der Waals surface area contributed by atoms with Gasteiger partial charge >= 0.3 is 0 Å². The Hall–Kier alpha value is -3.32. The standard InChI is InChI=1S/C32H45N5O2/c1-8-10-12-13-26-24(5)31(38)37(14-11-9-2)21-28(26)27-19-25(20-29-30(27)34(7)22-33(29)6)32(39)36-17-15-35(16-18-36)23(3)4/h9,11-13,19-21,23H,8,10,14-18,22H2,1-7H3/b11-9+,13-12-. The highest BCUT2D eigenvalue weighted by Gasteiger charge is 2.30. The van der Waals surface area contributed by atoms with Gasteiger partial charge in [0.1, 0.15) is 0 Å². The van der Waals surface area contributed by atoms with Crippen LogP contribution in [0.15, 0.2) is 41.4 Å². The van der Waals surface area contributed by atoms with E-state index in [-0.39, 0.29) is 11.5 Å². The zero-order valence-electron chi connectivity index (χ0n) is 24.8. The Morgan fingerprint density at radius 3 is 2.38 bits per heavy atom. The van der Waals surface area contributed by atoms with Gasteiger partial charge in [0, 0.05) is 81.3 Å². The van der Waals surface area contributed by atoms with Crippen LogP contribution in [0.3, 0.4) is 0 Å². The molecule has 3 heterocycles. The van der Waals surface area contributed by atoms with Crippen molar-refractivity contribution in [1.29, 1.82) is 0 Å². The number of aromatic nitrogens is 1. The summed E-state index contributed by atoms with van der Waals surface area (Å²) in [6, 6.07) is 4.59. The second-order valence-corrected chi connectivity index (χ2v) is 11.1. The lowest BCUT2D eigenvalue weighted by Gasteiger charge is -2.37. The van der Waals surface area contributed by atoms with E-state index in [2.05, 4.69) is 73.9 Å². The molecule has 1 aromatic carbocycles. The smallest absolute Gasteiger partial charge is 0.254 e. The van der Waals surface area contributed by atoms with Crippen molar-refractivity contribution in [3.8, 4) is 11.1 Å². The lowest BCUT2D eigenvalue weighted by Crippen LogP contribution is -2.50. The Morgan fingerprint density at radius 1 is 1.03 bits per heavy atom. The van der Waals surface area contributed by atoms with Crippen LogP contribution in [0.25, 0.3) is 17.2 Å². The molecule has 210 valence electrons. The molecule has 2 aromatic rings. The molecule has 0 bridgehead atoms. The Morgan fingerprint density at radius 2 is 1.74 bits per heavy atom. The summed E-state index contributed by atoms with van der Waals surface area (Å²) >= 11 is 0. The second-order valence-electron chi connectivity index (χ2n) is 11.1. The van der Waals surface area contributed by atoms with Crippen molar-refractivity contribution >= 4 is 23.4 Å². The van der Waals surface area contributed by atoms with E-state index in [4.69, 9.17) is 0 Å². The van der Waals surface area contributed by atoms with Crippen LogP contribution in [0.2, 0.25) is 0 Å². The molecule has 2 aliphatic heterocycles. The maximum Gasteiger partial charge on any atom is 0.254 e. The highest BCUT2D eigenvalue weighted by Crippen LogP contribution is 2.45. The number of fused-ring (bicyclic) bond motifs is 1. The van der Waals surface area contributed by atoms with Crippen molar-refractivity contribution in [2.75, 3.05) is 56.7 Å². The summed E-state index contributed by atoms with van der Waals surface area (Å²) in [6.07, 6.45) is 12.2. The predicted molar refractivity (Wildman–Crippen MR) is 164 cm³/mol. The van der Waals surface area contributed by atoms with E-state index in [1.54, 1.807) is 4.57 Å². The molecule has 1 amide bonds. The van der Waals surface area contributed by atoms with Gasteiger partial charge in [-0.15, -0.1) is 0 Å². The van der Waals surface area contributed by atoms with Gasteiger partial charge in [0.05, 0.1) is 18.0 Å². The third-order valence-electron chi connectivity index (χ3n) is 8.01. The first-order chi connectivity index (χ1) is 18.7. The molecular formula is C32H45N5O2. The number of rotatable bonds is 8.